The molecule has 14 heavy (non-hydrogen) atoms. The van der Waals surface area contributed by atoms with Crippen molar-refractivity contribution in [2.75, 3.05) is 0 Å². The highest BCUT2D eigenvalue weighted by Crippen LogP contribution is 2.40. The van der Waals surface area contributed by atoms with Crippen molar-refractivity contribution < 1.29 is 14.6 Å². The van der Waals surface area contributed by atoms with Gasteiger partial charge < -0.3 is 9.84 Å². The van der Waals surface area contributed by atoms with Gasteiger partial charge in [-0.1, -0.05) is 0 Å². The number of hydrogen-bond donors (Lipinski definition) is 1. The van der Waals surface area contributed by atoms with E-state index in [4.69, 9.17) is 4.74 Å². The molecule has 2 aliphatic carbocycles. The van der Waals surface area contributed by atoms with Crippen LogP contribution in [0.25, 0.3) is 0 Å². The smallest absolute Gasteiger partial charge is 0.302 e. The number of aliphatic hydroxyl groups is 1. The van der Waals surface area contributed by atoms with Gasteiger partial charge in [-0.15, -0.1) is 0 Å². The zero-order chi connectivity index (χ0) is 10.1. The average Bonchev–Trinajstić information content (AvgIpc) is 1.99. The molecule has 0 aromatic carbocycles. The third-order valence-corrected chi connectivity index (χ3v) is 3.40. The summed E-state index contributed by atoms with van der Waals surface area (Å²) in [5.74, 6) is 0.972. The van der Waals surface area contributed by atoms with Gasteiger partial charge in [-0.2, -0.15) is 0 Å². The Kier molecular flexibility index (Phi) is 2.77. The Labute approximate surface area is 84.4 Å². The largest absolute Gasteiger partial charge is 0.463 e. The predicted molar refractivity (Wildman–Crippen MR) is 51.6 cm³/mol. The minimum Gasteiger partial charge on any atom is -0.463 e. The molecule has 1 N–H and O–H groups in total. The van der Waals surface area contributed by atoms with E-state index in [1.807, 2.05) is 0 Å². The Bertz CT molecular complexity index is 209. The molecule has 0 aromatic rings. The zero-order valence-corrected chi connectivity index (χ0v) is 8.61. The first-order chi connectivity index (χ1) is 6.63. The predicted octanol–water partition coefficient (Wildman–Crippen LogP) is 1.49. The number of aliphatic hydroxyl groups excluding tert-OH is 1. The zero-order valence-electron chi connectivity index (χ0n) is 8.61. The summed E-state index contributed by atoms with van der Waals surface area (Å²) >= 11 is 0. The molecule has 0 aromatic heterocycles. The third kappa shape index (κ3) is 2.27. The molecule has 0 aliphatic heterocycles. The van der Waals surface area contributed by atoms with E-state index in [0.717, 1.165) is 25.7 Å². The Hall–Kier alpha value is -0.570. The van der Waals surface area contributed by atoms with Crippen LogP contribution in [0.15, 0.2) is 0 Å². The summed E-state index contributed by atoms with van der Waals surface area (Å²) in [7, 11) is 0. The maximum atomic E-state index is 10.8. The number of hydrogen-bond acceptors (Lipinski definition) is 3. The fraction of sp³-hybridized carbons (Fsp3) is 0.909. The van der Waals surface area contributed by atoms with E-state index in [1.165, 1.54) is 13.3 Å². The molecule has 80 valence electrons. The molecule has 2 fully saturated rings. The van der Waals surface area contributed by atoms with Crippen molar-refractivity contribution in [3.05, 3.63) is 0 Å². The Balaban J connectivity index is 1.92. The number of esters is 1. The summed E-state index contributed by atoms with van der Waals surface area (Å²) in [6.07, 6.45) is 4.92. The molecule has 0 amide bonds. The normalized spacial score (nSPS) is 41.9. The fourth-order valence-electron chi connectivity index (χ4n) is 3.09. The van der Waals surface area contributed by atoms with Crippen LogP contribution in [0.1, 0.15) is 39.0 Å². The lowest BCUT2D eigenvalue weighted by atomic mass is 9.70. The SMILES string of the molecule is CC(=O)OC1CC2CC(O)CC(C2)C1. The van der Waals surface area contributed by atoms with Gasteiger partial charge in [0.1, 0.15) is 6.10 Å². The standard InChI is InChI=1S/C11H18O3/c1-7(12)14-11-5-8-2-9(6-11)4-10(13)3-8/h8-11,13H,2-6H2,1H3. The molecule has 3 heteroatoms. The van der Waals surface area contributed by atoms with Crippen molar-refractivity contribution >= 4 is 5.97 Å². The second kappa shape index (κ2) is 3.89. The van der Waals surface area contributed by atoms with Gasteiger partial charge in [0, 0.05) is 6.92 Å². The summed E-state index contributed by atoms with van der Waals surface area (Å²) in [5.41, 5.74) is 0. The second-order valence-electron chi connectivity index (χ2n) is 4.80. The summed E-state index contributed by atoms with van der Waals surface area (Å²) in [6.45, 7) is 1.47. The van der Waals surface area contributed by atoms with E-state index in [-0.39, 0.29) is 18.2 Å². The summed E-state index contributed by atoms with van der Waals surface area (Å²) < 4.78 is 5.24. The number of ether oxygens (including phenoxy) is 1. The Morgan fingerprint density at radius 2 is 1.71 bits per heavy atom. The van der Waals surface area contributed by atoms with Gasteiger partial charge in [-0.05, 0) is 43.9 Å². The van der Waals surface area contributed by atoms with E-state index < -0.39 is 0 Å². The summed E-state index contributed by atoms with van der Waals surface area (Å²) in [5, 5.41) is 9.58. The van der Waals surface area contributed by atoms with Crippen LogP contribution in [-0.4, -0.2) is 23.3 Å². The monoisotopic (exact) mass is 198 g/mol. The van der Waals surface area contributed by atoms with Gasteiger partial charge in [0.25, 0.3) is 0 Å². The molecule has 2 bridgehead atoms. The Morgan fingerprint density at radius 3 is 2.21 bits per heavy atom. The molecular weight excluding hydrogens is 180 g/mol. The molecule has 0 heterocycles. The highest BCUT2D eigenvalue weighted by molar-refractivity contribution is 5.66. The molecule has 0 spiro atoms. The van der Waals surface area contributed by atoms with Gasteiger partial charge in [0.05, 0.1) is 6.10 Å². The van der Waals surface area contributed by atoms with Crippen molar-refractivity contribution in [1.82, 2.24) is 0 Å². The van der Waals surface area contributed by atoms with Gasteiger partial charge in [0.2, 0.25) is 0 Å². The van der Waals surface area contributed by atoms with Gasteiger partial charge >= 0.3 is 5.97 Å². The summed E-state index contributed by atoms with van der Waals surface area (Å²) in [6, 6.07) is 0. The lowest BCUT2D eigenvalue weighted by Gasteiger charge is -2.40. The van der Waals surface area contributed by atoms with Crippen LogP contribution in [0.5, 0.6) is 0 Å². The van der Waals surface area contributed by atoms with Crippen LogP contribution < -0.4 is 0 Å². The van der Waals surface area contributed by atoms with E-state index in [1.54, 1.807) is 0 Å². The first kappa shape index (κ1) is 9.97. The highest BCUT2D eigenvalue weighted by atomic mass is 16.5. The molecule has 0 saturated heterocycles. The van der Waals surface area contributed by atoms with E-state index in [9.17, 15) is 9.90 Å². The van der Waals surface area contributed by atoms with Crippen LogP contribution in [0.2, 0.25) is 0 Å². The maximum Gasteiger partial charge on any atom is 0.302 e. The van der Waals surface area contributed by atoms with Crippen LogP contribution in [0.4, 0.5) is 0 Å². The van der Waals surface area contributed by atoms with Crippen LogP contribution in [0.3, 0.4) is 0 Å². The Morgan fingerprint density at radius 1 is 1.14 bits per heavy atom. The van der Waals surface area contributed by atoms with Gasteiger partial charge in [-0.25, -0.2) is 0 Å². The third-order valence-electron chi connectivity index (χ3n) is 3.40. The number of carbonyl (C=O) groups is 1. The van der Waals surface area contributed by atoms with E-state index >= 15 is 0 Å². The second-order valence-corrected chi connectivity index (χ2v) is 4.80. The topological polar surface area (TPSA) is 46.5 Å². The molecule has 3 nitrogen and oxygen atoms in total. The molecule has 0 radical (unpaired) electrons. The summed E-state index contributed by atoms with van der Waals surface area (Å²) in [4.78, 5) is 10.8. The van der Waals surface area contributed by atoms with Crippen molar-refractivity contribution in [2.45, 2.75) is 51.2 Å². The molecule has 2 rings (SSSR count). The van der Waals surface area contributed by atoms with E-state index in [2.05, 4.69) is 0 Å². The maximum absolute atomic E-state index is 10.8. The molecule has 2 unspecified atom stereocenters. The minimum absolute atomic E-state index is 0.114. The number of carbonyl (C=O) groups excluding carboxylic acids is 1. The van der Waals surface area contributed by atoms with E-state index in [0.29, 0.717) is 11.8 Å². The van der Waals surface area contributed by atoms with Crippen LogP contribution in [-0.2, 0) is 9.53 Å². The molecular formula is C11H18O3. The number of rotatable bonds is 1. The fourth-order valence-corrected chi connectivity index (χ4v) is 3.09. The van der Waals surface area contributed by atoms with Crippen molar-refractivity contribution in [2.24, 2.45) is 11.8 Å². The first-order valence-corrected chi connectivity index (χ1v) is 5.48. The van der Waals surface area contributed by atoms with Crippen molar-refractivity contribution in [3.8, 4) is 0 Å². The molecule has 2 saturated carbocycles. The lowest BCUT2D eigenvalue weighted by molar-refractivity contribution is -0.151. The van der Waals surface area contributed by atoms with Crippen molar-refractivity contribution in [1.29, 1.82) is 0 Å². The lowest BCUT2D eigenvalue weighted by Crippen LogP contribution is -2.37. The average molecular weight is 198 g/mol. The first-order valence-electron chi connectivity index (χ1n) is 5.48. The molecule has 2 aliphatic rings. The van der Waals surface area contributed by atoms with Crippen LogP contribution >= 0.6 is 0 Å². The van der Waals surface area contributed by atoms with Gasteiger partial charge in [0.15, 0.2) is 0 Å². The van der Waals surface area contributed by atoms with Crippen molar-refractivity contribution in [3.63, 3.8) is 0 Å². The highest BCUT2D eigenvalue weighted by Gasteiger charge is 2.36. The minimum atomic E-state index is -0.171. The number of fused-ring (bicyclic) bond motifs is 2. The van der Waals surface area contributed by atoms with Gasteiger partial charge in [-0.3, -0.25) is 4.79 Å². The van der Waals surface area contributed by atoms with Crippen LogP contribution in [0, 0.1) is 11.8 Å². The quantitative estimate of drug-likeness (QED) is 0.649. The molecule has 2 atom stereocenters.